The third kappa shape index (κ3) is 1.72. The second-order valence-corrected chi connectivity index (χ2v) is 4.01. The van der Waals surface area contributed by atoms with Crippen LogP contribution in [0.2, 0.25) is 0 Å². The fourth-order valence-electron chi connectivity index (χ4n) is 0.615. The summed E-state index contributed by atoms with van der Waals surface area (Å²) in [6, 6.07) is 0. The van der Waals surface area contributed by atoms with E-state index < -0.39 is 0 Å². The van der Waals surface area contributed by atoms with E-state index in [1.807, 2.05) is 0 Å². The van der Waals surface area contributed by atoms with Crippen molar-refractivity contribution in [2.24, 2.45) is 0 Å². The minimum absolute atomic E-state index is 1.23. The topological polar surface area (TPSA) is 0 Å². The molecule has 0 unspecified atom stereocenters. The zero-order chi connectivity index (χ0) is 5.98. The van der Waals surface area contributed by atoms with Crippen LogP contribution >= 0.6 is 45.2 Å². The Morgan fingerprint density at radius 1 is 1.00 bits per heavy atom. The van der Waals surface area contributed by atoms with Gasteiger partial charge in [-0.05, 0) is 58.0 Å². The molecule has 1 rings (SSSR count). The van der Waals surface area contributed by atoms with Gasteiger partial charge in [0.15, 0.2) is 0 Å². The molecule has 0 amide bonds. The van der Waals surface area contributed by atoms with E-state index in [1.165, 1.54) is 20.0 Å². The smallest absolute Gasteiger partial charge is 0.0220 e. The van der Waals surface area contributed by atoms with Gasteiger partial charge in [-0.3, -0.25) is 0 Å². The van der Waals surface area contributed by atoms with Gasteiger partial charge in [-0.25, -0.2) is 0 Å². The average Bonchev–Trinajstić information content (AvgIpc) is 1.77. The second-order valence-electron chi connectivity index (χ2n) is 1.68. The maximum atomic E-state index is 2.37. The molecule has 0 aromatic carbocycles. The third-order valence-corrected chi connectivity index (χ3v) is 4.12. The predicted molar refractivity (Wildman–Crippen MR) is 53.4 cm³/mol. The van der Waals surface area contributed by atoms with E-state index in [0.29, 0.717) is 0 Å². The number of hydrogen-bond donors (Lipinski definition) is 0. The highest BCUT2D eigenvalue weighted by atomic mass is 127. The lowest BCUT2D eigenvalue weighted by atomic mass is 10.2. The summed E-state index contributed by atoms with van der Waals surface area (Å²) in [4.78, 5) is 0. The van der Waals surface area contributed by atoms with E-state index in [4.69, 9.17) is 0 Å². The lowest BCUT2D eigenvalue weighted by Gasteiger charge is -2.02. The van der Waals surface area contributed by atoms with Gasteiger partial charge in [0.2, 0.25) is 0 Å². The highest BCUT2D eigenvalue weighted by Gasteiger charge is 1.99. The summed E-state index contributed by atoms with van der Waals surface area (Å²) in [5.74, 6) is 0. The molecule has 0 saturated heterocycles. The fourth-order valence-corrected chi connectivity index (χ4v) is 1.68. The normalized spacial score (nSPS) is 19.8. The van der Waals surface area contributed by atoms with Crippen LogP contribution in [0.25, 0.3) is 0 Å². The van der Waals surface area contributed by atoms with Crippen LogP contribution in [-0.4, -0.2) is 0 Å². The summed E-state index contributed by atoms with van der Waals surface area (Å²) in [7, 11) is 0. The SMILES string of the molecule is IC1=CCCC=C1I. The molecule has 8 heavy (non-hydrogen) atoms. The van der Waals surface area contributed by atoms with Crippen LogP contribution in [-0.2, 0) is 0 Å². The highest BCUT2D eigenvalue weighted by molar-refractivity contribution is 14.1. The molecule has 0 atom stereocenters. The van der Waals surface area contributed by atoms with Crippen molar-refractivity contribution in [1.29, 1.82) is 0 Å². The molecule has 0 radical (unpaired) electrons. The number of halogens is 2. The molecular weight excluding hydrogens is 326 g/mol. The van der Waals surface area contributed by atoms with Gasteiger partial charge in [0, 0.05) is 7.16 Å². The summed E-state index contributed by atoms with van der Waals surface area (Å²) in [5, 5.41) is 0. The minimum atomic E-state index is 1.23. The molecule has 0 N–H and O–H groups in total. The Balaban J connectivity index is 2.73. The first kappa shape index (κ1) is 7.05. The van der Waals surface area contributed by atoms with Crippen molar-refractivity contribution in [1.82, 2.24) is 0 Å². The molecule has 2 heteroatoms. The van der Waals surface area contributed by atoms with Crippen LogP contribution in [0, 0.1) is 0 Å². The zero-order valence-corrected chi connectivity index (χ0v) is 8.64. The molecule has 44 valence electrons. The Hall–Kier alpha value is 0.940. The van der Waals surface area contributed by atoms with Gasteiger partial charge in [0.1, 0.15) is 0 Å². The lowest BCUT2D eigenvalue weighted by Crippen LogP contribution is -1.79. The molecular formula is C6H6I2. The van der Waals surface area contributed by atoms with E-state index in [0.717, 1.165) is 0 Å². The summed E-state index contributed by atoms with van der Waals surface area (Å²) in [6.45, 7) is 0. The first-order chi connectivity index (χ1) is 3.80. The Kier molecular flexibility index (Phi) is 2.82. The van der Waals surface area contributed by atoms with Crippen LogP contribution < -0.4 is 0 Å². The Morgan fingerprint density at radius 2 is 1.38 bits per heavy atom. The van der Waals surface area contributed by atoms with E-state index in [-0.39, 0.29) is 0 Å². The fraction of sp³-hybridized carbons (Fsp3) is 0.333. The quantitative estimate of drug-likeness (QED) is 0.597. The first-order valence-electron chi connectivity index (χ1n) is 2.52. The van der Waals surface area contributed by atoms with E-state index in [9.17, 15) is 0 Å². The van der Waals surface area contributed by atoms with Crippen molar-refractivity contribution < 1.29 is 0 Å². The number of rotatable bonds is 0. The zero-order valence-electron chi connectivity index (χ0n) is 4.32. The predicted octanol–water partition coefficient (Wildman–Crippen LogP) is 3.42. The van der Waals surface area contributed by atoms with Gasteiger partial charge in [-0.1, -0.05) is 12.2 Å². The van der Waals surface area contributed by atoms with Crippen molar-refractivity contribution in [2.45, 2.75) is 12.8 Å². The van der Waals surface area contributed by atoms with Crippen molar-refractivity contribution in [3.63, 3.8) is 0 Å². The maximum absolute atomic E-state index is 2.37. The van der Waals surface area contributed by atoms with Crippen LogP contribution in [0.15, 0.2) is 19.3 Å². The van der Waals surface area contributed by atoms with Crippen LogP contribution in [0.3, 0.4) is 0 Å². The Bertz CT molecular complexity index is 127. The molecule has 0 saturated carbocycles. The monoisotopic (exact) mass is 332 g/mol. The highest BCUT2D eigenvalue weighted by Crippen LogP contribution is 2.28. The molecule has 0 bridgehead atoms. The Morgan fingerprint density at radius 3 is 1.62 bits per heavy atom. The molecule has 0 aliphatic heterocycles. The molecule has 0 heterocycles. The van der Waals surface area contributed by atoms with E-state index in [2.05, 4.69) is 57.3 Å². The van der Waals surface area contributed by atoms with Crippen LogP contribution in [0.5, 0.6) is 0 Å². The minimum Gasteiger partial charge on any atom is -0.0698 e. The molecule has 1 aliphatic carbocycles. The molecule has 0 spiro atoms. The Labute approximate surface area is 76.7 Å². The van der Waals surface area contributed by atoms with Crippen molar-refractivity contribution >= 4 is 45.2 Å². The van der Waals surface area contributed by atoms with E-state index >= 15 is 0 Å². The molecule has 0 nitrogen and oxygen atoms in total. The molecule has 1 aliphatic rings. The van der Waals surface area contributed by atoms with E-state index in [1.54, 1.807) is 0 Å². The standard InChI is InChI=1S/C6H6I2/c7-5-3-1-2-4-6(5)8/h3-4H,1-2H2. The average molecular weight is 332 g/mol. The lowest BCUT2D eigenvalue weighted by molar-refractivity contribution is 1.03. The summed E-state index contributed by atoms with van der Waals surface area (Å²) >= 11 is 4.74. The van der Waals surface area contributed by atoms with Gasteiger partial charge < -0.3 is 0 Å². The molecule has 0 aromatic rings. The van der Waals surface area contributed by atoms with Crippen molar-refractivity contribution in [3.05, 3.63) is 19.3 Å². The number of hydrogen-bond acceptors (Lipinski definition) is 0. The van der Waals surface area contributed by atoms with Crippen LogP contribution in [0.1, 0.15) is 12.8 Å². The number of allylic oxidation sites excluding steroid dienone is 4. The van der Waals surface area contributed by atoms with Gasteiger partial charge in [0.05, 0.1) is 0 Å². The summed E-state index contributed by atoms with van der Waals surface area (Å²) in [6.07, 6.45) is 7.01. The van der Waals surface area contributed by atoms with Crippen LogP contribution in [0.4, 0.5) is 0 Å². The van der Waals surface area contributed by atoms with Crippen molar-refractivity contribution in [2.75, 3.05) is 0 Å². The maximum Gasteiger partial charge on any atom is 0.0220 e. The largest absolute Gasteiger partial charge is 0.0698 e. The van der Waals surface area contributed by atoms with Gasteiger partial charge in [-0.2, -0.15) is 0 Å². The summed E-state index contributed by atoms with van der Waals surface area (Å²) < 4.78 is 2.82. The van der Waals surface area contributed by atoms with Gasteiger partial charge in [0.25, 0.3) is 0 Å². The van der Waals surface area contributed by atoms with Crippen molar-refractivity contribution in [3.8, 4) is 0 Å². The third-order valence-electron chi connectivity index (χ3n) is 1.04. The van der Waals surface area contributed by atoms with Gasteiger partial charge >= 0.3 is 0 Å². The van der Waals surface area contributed by atoms with Gasteiger partial charge in [-0.15, -0.1) is 0 Å². The molecule has 0 fully saturated rings. The first-order valence-corrected chi connectivity index (χ1v) is 4.68. The molecule has 0 aromatic heterocycles. The second kappa shape index (κ2) is 3.20. The summed E-state index contributed by atoms with van der Waals surface area (Å²) in [5.41, 5.74) is 0.